The van der Waals surface area contributed by atoms with Crippen LogP contribution in [0.2, 0.25) is 0 Å². The summed E-state index contributed by atoms with van der Waals surface area (Å²) < 4.78 is 27.8. The van der Waals surface area contributed by atoms with Gasteiger partial charge in [0.1, 0.15) is 0 Å². The van der Waals surface area contributed by atoms with Crippen LogP contribution in [0.5, 0.6) is 0 Å². The van der Waals surface area contributed by atoms with Crippen molar-refractivity contribution in [2.24, 2.45) is 5.92 Å². The van der Waals surface area contributed by atoms with Crippen molar-refractivity contribution in [3.05, 3.63) is 29.3 Å². The fourth-order valence-corrected chi connectivity index (χ4v) is 6.39. The molecule has 6 nitrogen and oxygen atoms in total. The molecular formula is C22H33N3O3S. The van der Waals surface area contributed by atoms with E-state index in [0.717, 1.165) is 38.8 Å². The van der Waals surface area contributed by atoms with Crippen molar-refractivity contribution in [2.45, 2.75) is 50.3 Å². The smallest absolute Gasteiger partial charge is 0.243 e. The summed E-state index contributed by atoms with van der Waals surface area (Å²) in [7, 11) is -3.49. The van der Waals surface area contributed by atoms with E-state index < -0.39 is 10.0 Å². The van der Waals surface area contributed by atoms with Gasteiger partial charge in [0.15, 0.2) is 0 Å². The van der Waals surface area contributed by atoms with E-state index in [4.69, 9.17) is 0 Å². The molecule has 0 spiro atoms. The van der Waals surface area contributed by atoms with Crippen molar-refractivity contribution in [3.63, 3.8) is 0 Å². The van der Waals surface area contributed by atoms with Crippen LogP contribution in [-0.4, -0.2) is 74.2 Å². The minimum absolute atomic E-state index is 0.130. The molecule has 0 radical (unpaired) electrons. The van der Waals surface area contributed by atoms with Crippen LogP contribution in [0.25, 0.3) is 0 Å². The quantitative estimate of drug-likeness (QED) is 0.750. The monoisotopic (exact) mass is 419 g/mol. The zero-order valence-electron chi connectivity index (χ0n) is 17.5. The van der Waals surface area contributed by atoms with E-state index in [2.05, 4.69) is 11.8 Å². The number of amides is 1. The van der Waals surface area contributed by atoms with Crippen molar-refractivity contribution in [3.8, 4) is 0 Å². The van der Waals surface area contributed by atoms with E-state index in [-0.39, 0.29) is 5.91 Å². The highest BCUT2D eigenvalue weighted by Gasteiger charge is 2.31. The molecule has 1 aromatic carbocycles. The summed E-state index contributed by atoms with van der Waals surface area (Å²) >= 11 is 0. The SMILES string of the molecule is C[C@H]1CCCN(CC(=O)N2CCN(S(=O)(=O)c3ccc4c(c3)CCCC4)CC2)C1. The highest BCUT2D eigenvalue weighted by Crippen LogP contribution is 2.26. The minimum Gasteiger partial charge on any atom is -0.339 e. The Morgan fingerprint density at radius 2 is 1.72 bits per heavy atom. The number of hydrogen-bond acceptors (Lipinski definition) is 4. The van der Waals surface area contributed by atoms with Crippen LogP contribution in [0.3, 0.4) is 0 Å². The summed E-state index contributed by atoms with van der Waals surface area (Å²) in [5, 5.41) is 0. The molecule has 0 saturated carbocycles. The van der Waals surface area contributed by atoms with Gasteiger partial charge in [-0.15, -0.1) is 0 Å². The molecule has 2 fully saturated rings. The Kier molecular flexibility index (Phi) is 6.27. The molecule has 0 bridgehead atoms. The molecule has 0 aromatic heterocycles. The van der Waals surface area contributed by atoms with Crippen LogP contribution in [0.15, 0.2) is 23.1 Å². The molecule has 0 N–H and O–H groups in total. The van der Waals surface area contributed by atoms with Gasteiger partial charge < -0.3 is 4.90 Å². The molecule has 29 heavy (non-hydrogen) atoms. The zero-order valence-corrected chi connectivity index (χ0v) is 18.3. The van der Waals surface area contributed by atoms with Crippen LogP contribution in [0, 0.1) is 5.92 Å². The maximum atomic E-state index is 13.1. The fraction of sp³-hybridized carbons (Fsp3) is 0.682. The number of piperazine rings is 1. The Labute approximate surface area is 174 Å². The second kappa shape index (κ2) is 8.74. The summed E-state index contributed by atoms with van der Waals surface area (Å²) in [6.07, 6.45) is 6.73. The van der Waals surface area contributed by atoms with Gasteiger partial charge in [-0.3, -0.25) is 9.69 Å². The first-order chi connectivity index (χ1) is 13.9. The van der Waals surface area contributed by atoms with Crippen molar-refractivity contribution >= 4 is 15.9 Å². The van der Waals surface area contributed by atoms with Gasteiger partial charge in [-0.25, -0.2) is 8.42 Å². The van der Waals surface area contributed by atoms with Crippen LogP contribution >= 0.6 is 0 Å². The maximum Gasteiger partial charge on any atom is 0.243 e. The van der Waals surface area contributed by atoms with E-state index in [1.165, 1.54) is 24.0 Å². The lowest BCUT2D eigenvalue weighted by molar-refractivity contribution is -0.134. The molecule has 1 amide bonds. The number of benzene rings is 1. The lowest BCUT2D eigenvalue weighted by Gasteiger charge is -2.36. The zero-order chi connectivity index (χ0) is 20.4. The Balaban J connectivity index is 1.35. The number of aryl methyl sites for hydroxylation is 2. The average molecular weight is 420 g/mol. The van der Waals surface area contributed by atoms with Gasteiger partial charge in [-0.05, 0) is 74.2 Å². The van der Waals surface area contributed by atoms with Crippen LogP contribution < -0.4 is 0 Å². The first kappa shape index (κ1) is 20.8. The van der Waals surface area contributed by atoms with Crippen molar-refractivity contribution in [1.29, 1.82) is 0 Å². The van der Waals surface area contributed by atoms with Crippen LogP contribution in [-0.2, 0) is 27.7 Å². The number of fused-ring (bicyclic) bond motifs is 1. The Morgan fingerprint density at radius 1 is 1.00 bits per heavy atom. The van der Waals surface area contributed by atoms with E-state index in [9.17, 15) is 13.2 Å². The van der Waals surface area contributed by atoms with Gasteiger partial charge in [0, 0.05) is 32.7 Å². The number of piperidine rings is 1. The molecule has 3 aliphatic rings. The van der Waals surface area contributed by atoms with Gasteiger partial charge in [0.05, 0.1) is 11.4 Å². The van der Waals surface area contributed by atoms with Crippen molar-refractivity contribution in [1.82, 2.24) is 14.1 Å². The van der Waals surface area contributed by atoms with Gasteiger partial charge >= 0.3 is 0 Å². The predicted octanol–water partition coefficient (Wildman–Crippen LogP) is 2.13. The fourth-order valence-electron chi connectivity index (χ4n) is 4.92. The van der Waals surface area contributed by atoms with Crippen LogP contribution in [0.1, 0.15) is 43.7 Å². The first-order valence-electron chi connectivity index (χ1n) is 11.1. The molecule has 160 valence electrons. The Morgan fingerprint density at radius 3 is 2.45 bits per heavy atom. The van der Waals surface area contributed by atoms with Gasteiger partial charge in [-0.2, -0.15) is 4.31 Å². The van der Waals surface area contributed by atoms with Gasteiger partial charge in [0.25, 0.3) is 0 Å². The molecule has 7 heteroatoms. The second-order valence-corrected chi connectivity index (χ2v) is 10.8. The third-order valence-electron chi connectivity index (χ3n) is 6.65. The highest BCUT2D eigenvalue weighted by molar-refractivity contribution is 7.89. The predicted molar refractivity (Wildman–Crippen MR) is 113 cm³/mol. The molecule has 1 atom stereocenters. The van der Waals surface area contributed by atoms with Crippen LogP contribution in [0.4, 0.5) is 0 Å². The number of hydrogen-bond donors (Lipinski definition) is 0. The number of likely N-dealkylation sites (tertiary alicyclic amines) is 1. The van der Waals surface area contributed by atoms with E-state index in [1.807, 2.05) is 17.0 Å². The Bertz CT molecular complexity index is 847. The summed E-state index contributed by atoms with van der Waals surface area (Å²) in [4.78, 5) is 17.2. The standard InChI is InChI=1S/C22H33N3O3S/c1-18-5-4-10-23(16-18)17-22(26)24-11-13-25(14-12-24)29(27,28)21-9-8-19-6-2-3-7-20(19)15-21/h8-9,15,18H,2-7,10-14,16-17H2,1H3/t18-/m0/s1. The largest absolute Gasteiger partial charge is 0.339 e. The molecule has 0 unspecified atom stereocenters. The van der Waals surface area contributed by atoms with E-state index in [1.54, 1.807) is 10.4 Å². The third-order valence-corrected chi connectivity index (χ3v) is 8.54. The summed E-state index contributed by atoms with van der Waals surface area (Å²) in [5.74, 6) is 0.778. The molecule has 1 aromatic rings. The van der Waals surface area contributed by atoms with Crippen molar-refractivity contribution in [2.75, 3.05) is 45.8 Å². The van der Waals surface area contributed by atoms with Gasteiger partial charge in [0.2, 0.25) is 15.9 Å². The number of sulfonamides is 1. The molecule has 1 aliphatic carbocycles. The van der Waals surface area contributed by atoms with Gasteiger partial charge in [-0.1, -0.05) is 13.0 Å². The van der Waals surface area contributed by atoms with E-state index >= 15 is 0 Å². The maximum absolute atomic E-state index is 13.1. The molecule has 2 saturated heterocycles. The second-order valence-electron chi connectivity index (χ2n) is 8.91. The molecule has 2 aliphatic heterocycles. The molecular weight excluding hydrogens is 386 g/mol. The number of rotatable bonds is 4. The number of nitrogens with zero attached hydrogens (tertiary/aromatic N) is 3. The summed E-state index contributed by atoms with van der Waals surface area (Å²) in [5.41, 5.74) is 2.47. The minimum atomic E-state index is -3.49. The third kappa shape index (κ3) is 4.67. The lowest BCUT2D eigenvalue weighted by Crippen LogP contribution is -2.53. The Hall–Kier alpha value is -1.44. The van der Waals surface area contributed by atoms with Crippen molar-refractivity contribution < 1.29 is 13.2 Å². The number of carbonyl (C=O) groups excluding carboxylic acids is 1. The molecule has 4 rings (SSSR count). The summed E-state index contributed by atoms with van der Waals surface area (Å²) in [6, 6.07) is 5.62. The first-order valence-corrected chi connectivity index (χ1v) is 12.5. The highest BCUT2D eigenvalue weighted by atomic mass is 32.2. The lowest BCUT2D eigenvalue weighted by atomic mass is 9.92. The summed E-state index contributed by atoms with van der Waals surface area (Å²) in [6.45, 7) is 6.38. The van der Waals surface area contributed by atoms with E-state index in [0.29, 0.717) is 43.5 Å². The molecule has 2 heterocycles. The average Bonchev–Trinajstić information content (AvgIpc) is 2.73. The normalized spacial score (nSPS) is 24.3. The topological polar surface area (TPSA) is 60.9 Å². The number of carbonyl (C=O) groups is 1.